The van der Waals surface area contributed by atoms with E-state index in [0.29, 0.717) is 17.1 Å². The molecule has 0 radical (unpaired) electrons. The van der Waals surface area contributed by atoms with Gasteiger partial charge in [0.05, 0.1) is 24.2 Å². The molecule has 0 unspecified atom stereocenters. The van der Waals surface area contributed by atoms with Gasteiger partial charge in [0.15, 0.2) is 5.82 Å². The van der Waals surface area contributed by atoms with Crippen LogP contribution in [0.25, 0.3) is 0 Å². The van der Waals surface area contributed by atoms with Gasteiger partial charge in [-0.25, -0.2) is 13.1 Å². The van der Waals surface area contributed by atoms with Crippen LogP contribution >= 0.6 is 0 Å². The number of benzene rings is 1. The maximum absolute atomic E-state index is 12.5. The highest BCUT2D eigenvalue weighted by molar-refractivity contribution is 7.89. The second-order valence-electron chi connectivity index (χ2n) is 5.92. The summed E-state index contributed by atoms with van der Waals surface area (Å²) < 4.78 is 34.2. The van der Waals surface area contributed by atoms with Crippen LogP contribution < -0.4 is 10.0 Å². The summed E-state index contributed by atoms with van der Waals surface area (Å²) in [5, 5.41) is 10.4. The molecule has 1 aromatic carbocycles. The number of aromatic nitrogens is 3. The molecule has 0 aliphatic rings. The predicted octanol–water partition coefficient (Wildman–Crippen LogP) is 1.13. The van der Waals surface area contributed by atoms with Crippen LogP contribution in [-0.4, -0.2) is 29.1 Å². The molecule has 0 fully saturated rings. The van der Waals surface area contributed by atoms with Crippen molar-refractivity contribution in [2.75, 3.05) is 0 Å². The summed E-state index contributed by atoms with van der Waals surface area (Å²) in [5.41, 5.74) is 0.938. The minimum atomic E-state index is -3.79. The van der Waals surface area contributed by atoms with E-state index in [1.54, 1.807) is 36.7 Å². The maximum atomic E-state index is 12.5. The molecule has 27 heavy (non-hydrogen) atoms. The van der Waals surface area contributed by atoms with E-state index >= 15 is 0 Å². The zero-order valence-corrected chi connectivity index (χ0v) is 15.7. The summed E-state index contributed by atoms with van der Waals surface area (Å²) in [7, 11) is -2.02. The van der Waals surface area contributed by atoms with E-state index < -0.39 is 15.9 Å². The molecule has 2 N–H and O–H groups in total. The van der Waals surface area contributed by atoms with Crippen molar-refractivity contribution in [1.82, 2.24) is 24.8 Å². The van der Waals surface area contributed by atoms with E-state index in [1.807, 2.05) is 0 Å². The van der Waals surface area contributed by atoms with Crippen molar-refractivity contribution in [3.63, 3.8) is 0 Å². The van der Waals surface area contributed by atoms with Crippen LogP contribution in [0.3, 0.4) is 0 Å². The first kappa shape index (κ1) is 18.8. The van der Waals surface area contributed by atoms with Crippen molar-refractivity contribution in [3.05, 3.63) is 65.6 Å². The van der Waals surface area contributed by atoms with Gasteiger partial charge in [-0.1, -0.05) is 6.07 Å². The van der Waals surface area contributed by atoms with Gasteiger partial charge >= 0.3 is 0 Å². The predicted molar refractivity (Wildman–Crippen MR) is 96.1 cm³/mol. The van der Waals surface area contributed by atoms with Crippen molar-refractivity contribution in [3.8, 4) is 0 Å². The zero-order valence-electron chi connectivity index (χ0n) is 14.8. The number of amides is 1. The molecule has 0 saturated carbocycles. The average Bonchev–Trinajstić information content (AvgIpc) is 3.30. The molecule has 142 valence electrons. The second-order valence-corrected chi connectivity index (χ2v) is 7.69. The first-order valence-electron chi connectivity index (χ1n) is 8.10. The lowest BCUT2D eigenvalue weighted by molar-refractivity contribution is 0.0948. The van der Waals surface area contributed by atoms with Gasteiger partial charge in [0.1, 0.15) is 12.1 Å². The Morgan fingerprint density at radius 2 is 2.07 bits per heavy atom. The van der Waals surface area contributed by atoms with Gasteiger partial charge < -0.3 is 14.3 Å². The quantitative estimate of drug-likeness (QED) is 0.625. The highest BCUT2D eigenvalue weighted by Crippen LogP contribution is 2.16. The maximum Gasteiger partial charge on any atom is 0.251 e. The van der Waals surface area contributed by atoms with Crippen molar-refractivity contribution in [1.29, 1.82) is 0 Å². The molecular weight excluding hydrogens is 370 g/mol. The Balaban J connectivity index is 1.74. The molecule has 0 aliphatic heterocycles. The van der Waals surface area contributed by atoms with Crippen molar-refractivity contribution < 1.29 is 17.6 Å². The van der Waals surface area contributed by atoms with Gasteiger partial charge in [-0.05, 0) is 36.8 Å². The standard InChI is InChI=1S/C17H19N5O4S/c1-12-5-6-14(27(24,25)20-9-13-4-3-7-26-13)8-15(12)17(23)18-10-16-21-19-11-22(16)2/h3-8,11,20H,9-10H2,1-2H3,(H,18,23). The van der Waals surface area contributed by atoms with Crippen LogP contribution in [-0.2, 0) is 30.2 Å². The van der Waals surface area contributed by atoms with Crippen molar-refractivity contribution >= 4 is 15.9 Å². The third-order valence-electron chi connectivity index (χ3n) is 3.99. The third kappa shape index (κ3) is 4.41. The number of carbonyl (C=O) groups is 1. The first-order chi connectivity index (χ1) is 12.9. The van der Waals surface area contributed by atoms with Crippen molar-refractivity contribution in [2.24, 2.45) is 7.05 Å². The van der Waals surface area contributed by atoms with Gasteiger partial charge in [-0.15, -0.1) is 10.2 Å². The number of furan rings is 1. The van der Waals surface area contributed by atoms with Crippen LogP contribution in [0.1, 0.15) is 27.5 Å². The number of nitrogens with one attached hydrogen (secondary N) is 2. The van der Waals surface area contributed by atoms with Crippen LogP contribution in [0.15, 0.2) is 52.2 Å². The van der Waals surface area contributed by atoms with Crippen LogP contribution in [0, 0.1) is 6.92 Å². The Bertz CT molecular complexity index is 1040. The Hall–Kier alpha value is -2.98. The SMILES string of the molecule is Cc1ccc(S(=O)(=O)NCc2ccco2)cc1C(=O)NCc1nncn1C. The molecule has 3 rings (SSSR count). The Labute approximate surface area is 156 Å². The van der Waals surface area contributed by atoms with E-state index in [9.17, 15) is 13.2 Å². The fourth-order valence-corrected chi connectivity index (χ4v) is 3.42. The third-order valence-corrected chi connectivity index (χ3v) is 5.39. The largest absolute Gasteiger partial charge is 0.468 e. The van der Waals surface area contributed by atoms with E-state index in [2.05, 4.69) is 20.2 Å². The molecule has 0 aliphatic carbocycles. The lowest BCUT2D eigenvalue weighted by atomic mass is 10.1. The molecule has 2 aromatic heterocycles. The minimum Gasteiger partial charge on any atom is -0.468 e. The van der Waals surface area contributed by atoms with Gasteiger partial charge in [-0.3, -0.25) is 4.79 Å². The van der Waals surface area contributed by atoms with E-state index in [4.69, 9.17) is 4.42 Å². The number of carbonyl (C=O) groups excluding carboxylic acids is 1. The van der Waals surface area contributed by atoms with Crippen molar-refractivity contribution in [2.45, 2.75) is 24.9 Å². The Morgan fingerprint density at radius 3 is 2.74 bits per heavy atom. The monoisotopic (exact) mass is 389 g/mol. The summed E-state index contributed by atoms with van der Waals surface area (Å²) in [6.45, 7) is 1.95. The molecule has 0 spiro atoms. The number of hydrogen-bond donors (Lipinski definition) is 2. The average molecular weight is 389 g/mol. The van der Waals surface area contributed by atoms with Gasteiger partial charge in [0, 0.05) is 12.6 Å². The zero-order chi connectivity index (χ0) is 19.4. The fourth-order valence-electron chi connectivity index (χ4n) is 2.40. The fraction of sp³-hybridized carbons (Fsp3) is 0.235. The van der Waals surface area contributed by atoms with Gasteiger partial charge in [-0.2, -0.15) is 0 Å². The number of aryl methyl sites for hydroxylation is 2. The Morgan fingerprint density at radius 1 is 1.26 bits per heavy atom. The van der Waals surface area contributed by atoms with E-state index in [0.717, 1.165) is 0 Å². The highest BCUT2D eigenvalue weighted by Gasteiger charge is 2.18. The highest BCUT2D eigenvalue weighted by atomic mass is 32.2. The molecule has 1 amide bonds. The summed E-state index contributed by atoms with van der Waals surface area (Å²) in [4.78, 5) is 12.5. The number of hydrogen-bond acceptors (Lipinski definition) is 6. The lowest BCUT2D eigenvalue weighted by Gasteiger charge is -2.11. The molecule has 3 aromatic rings. The normalized spacial score (nSPS) is 11.5. The molecule has 0 bridgehead atoms. The molecule has 2 heterocycles. The summed E-state index contributed by atoms with van der Waals surface area (Å²) >= 11 is 0. The van der Waals surface area contributed by atoms with Gasteiger partial charge in [0.2, 0.25) is 10.0 Å². The number of rotatable bonds is 7. The van der Waals surface area contributed by atoms with Crippen LogP contribution in [0.4, 0.5) is 0 Å². The topological polar surface area (TPSA) is 119 Å². The molecule has 0 saturated heterocycles. The molecule has 10 heteroatoms. The lowest BCUT2D eigenvalue weighted by Crippen LogP contribution is -2.26. The molecular formula is C17H19N5O4S. The minimum absolute atomic E-state index is 0.00321. The van der Waals surface area contributed by atoms with Gasteiger partial charge in [0.25, 0.3) is 5.91 Å². The summed E-state index contributed by atoms with van der Waals surface area (Å²) in [6, 6.07) is 7.75. The number of nitrogens with zero attached hydrogens (tertiary/aromatic N) is 3. The van der Waals surface area contributed by atoms with E-state index in [1.165, 1.54) is 24.7 Å². The smallest absolute Gasteiger partial charge is 0.251 e. The van der Waals surface area contributed by atoms with E-state index in [-0.39, 0.29) is 23.5 Å². The number of sulfonamides is 1. The molecule has 0 atom stereocenters. The summed E-state index contributed by atoms with van der Waals surface area (Å²) in [5.74, 6) is 0.691. The summed E-state index contributed by atoms with van der Waals surface area (Å²) in [6.07, 6.45) is 3.00. The molecule has 9 nitrogen and oxygen atoms in total. The van der Waals surface area contributed by atoms with Crippen LogP contribution in [0.2, 0.25) is 0 Å². The first-order valence-corrected chi connectivity index (χ1v) is 9.59. The Kier molecular flexibility index (Phi) is 5.38. The second kappa shape index (κ2) is 7.72. The van der Waals surface area contributed by atoms with Crippen LogP contribution in [0.5, 0.6) is 0 Å².